The first-order chi connectivity index (χ1) is 8.66. The van der Waals surface area contributed by atoms with E-state index in [2.05, 4.69) is 20.8 Å². The maximum atomic E-state index is 12.1. The molecule has 1 aliphatic rings. The van der Waals surface area contributed by atoms with E-state index in [1.807, 2.05) is 6.92 Å². The molecule has 98 valence electrons. The SMILES string of the molecule is Cc1cc(C(=O)NCC2CCCCN2)c(C)nn1. The van der Waals surface area contributed by atoms with E-state index in [-0.39, 0.29) is 5.91 Å². The number of rotatable bonds is 3. The number of aryl methyl sites for hydroxylation is 2. The van der Waals surface area contributed by atoms with Crippen molar-refractivity contribution in [1.29, 1.82) is 0 Å². The molecule has 1 atom stereocenters. The van der Waals surface area contributed by atoms with Crippen molar-refractivity contribution in [2.75, 3.05) is 13.1 Å². The molecule has 0 spiro atoms. The number of piperidine rings is 1. The molecule has 5 heteroatoms. The molecular weight excluding hydrogens is 228 g/mol. The van der Waals surface area contributed by atoms with Crippen LogP contribution in [0.5, 0.6) is 0 Å². The maximum Gasteiger partial charge on any atom is 0.253 e. The Bertz CT molecular complexity index is 427. The average molecular weight is 248 g/mol. The minimum absolute atomic E-state index is 0.0575. The second kappa shape index (κ2) is 5.91. The van der Waals surface area contributed by atoms with Gasteiger partial charge < -0.3 is 10.6 Å². The van der Waals surface area contributed by atoms with Crippen molar-refractivity contribution in [2.24, 2.45) is 0 Å². The Morgan fingerprint density at radius 1 is 1.44 bits per heavy atom. The highest BCUT2D eigenvalue weighted by molar-refractivity contribution is 5.95. The lowest BCUT2D eigenvalue weighted by molar-refractivity contribution is 0.0946. The first-order valence-corrected chi connectivity index (χ1v) is 6.49. The number of carbonyl (C=O) groups is 1. The van der Waals surface area contributed by atoms with Crippen molar-refractivity contribution in [2.45, 2.75) is 39.2 Å². The summed E-state index contributed by atoms with van der Waals surface area (Å²) >= 11 is 0. The molecule has 0 radical (unpaired) electrons. The molecule has 0 bridgehead atoms. The summed E-state index contributed by atoms with van der Waals surface area (Å²) in [7, 11) is 0. The quantitative estimate of drug-likeness (QED) is 0.836. The van der Waals surface area contributed by atoms with E-state index in [1.54, 1.807) is 13.0 Å². The van der Waals surface area contributed by atoms with E-state index in [0.717, 1.165) is 18.7 Å². The van der Waals surface area contributed by atoms with Crippen LogP contribution in [0.3, 0.4) is 0 Å². The average Bonchev–Trinajstić information content (AvgIpc) is 2.40. The normalized spacial score (nSPS) is 19.6. The Kier molecular flexibility index (Phi) is 4.25. The van der Waals surface area contributed by atoms with Gasteiger partial charge in [0.05, 0.1) is 17.0 Å². The maximum absolute atomic E-state index is 12.1. The van der Waals surface area contributed by atoms with Crippen molar-refractivity contribution in [3.63, 3.8) is 0 Å². The van der Waals surface area contributed by atoms with Crippen LogP contribution in [0.25, 0.3) is 0 Å². The molecule has 2 N–H and O–H groups in total. The summed E-state index contributed by atoms with van der Waals surface area (Å²) in [4.78, 5) is 12.1. The molecule has 1 aliphatic heterocycles. The molecule has 1 amide bonds. The van der Waals surface area contributed by atoms with Gasteiger partial charge in [-0.05, 0) is 39.3 Å². The molecule has 2 heterocycles. The predicted octanol–water partition coefficient (Wildman–Crippen LogP) is 0.965. The van der Waals surface area contributed by atoms with Crippen LogP contribution in [0.15, 0.2) is 6.07 Å². The molecule has 1 unspecified atom stereocenters. The Morgan fingerprint density at radius 3 is 3.00 bits per heavy atom. The summed E-state index contributed by atoms with van der Waals surface area (Å²) < 4.78 is 0. The number of nitrogens with zero attached hydrogens (tertiary/aromatic N) is 2. The highest BCUT2D eigenvalue weighted by atomic mass is 16.1. The van der Waals surface area contributed by atoms with Gasteiger partial charge in [-0.15, -0.1) is 0 Å². The molecule has 2 rings (SSSR count). The van der Waals surface area contributed by atoms with Crippen molar-refractivity contribution in [3.05, 3.63) is 23.0 Å². The fourth-order valence-electron chi connectivity index (χ4n) is 2.19. The molecule has 1 aromatic rings. The van der Waals surface area contributed by atoms with Crippen LogP contribution < -0.4 is 10.6 Å². The van der Waals surface area contributed by atoms with E-state index in [9.17, 15) is 4.79 Å². The van der Waals surface area contributed by atoms with Gasteiger partial charge in [-0.1, -0.05) is 6.42 Å². The van der Waals surface area contributed by atoms with Crippen LogP contribution in [-0.2, 0) is 0 Å². The Morgan fingerprint density at radius 2 is 2.28 bits per heavy atom. The number of hydrogen-bond donors (Lipinski definition) is 2. The van der Waals surface area contributed by atoms with E-state index in [4.69, 9.17) is 0 Å². The number of amides is 1. The standard InChI is InChI=1S/C13H20N4O/c1-9-7-12(10(2)17-16-9)13(18)15-8-11-5-3-4-6-14-11/h7,11,14H,3-6,8H2,1-2H3,(H,15,18). The minimum Gasteiger partial charge on any atom is -0.350 e. The van der Waals surface area contributed by atoms with Gasteiger partial charge in [-0.3, -0.25) is 4.79 Å². The third-order valence-electron chi connectivity index (χ3n) is 3.27. The summed E-state index contributed by atoms with van der Waals surface area (Å²) in [6.07, 6.45) is 3.60. The van der Waals surface area contributed by atoms with Crippen LogP contribution in [0.4, 0.5) is 0 Å². The van der Waals surface area contributed by atoms with Crippen LogP contribution >= 0.6 is 0 Å². The van der Waals surface area contributed by atoms with Gasteiger partial charge in [0.1, 0.15) is 0 Å². The highest BCUT2D eigenvalue weighted by Crippen LogP contribution is 2.07. The summed E-state index contributed by atoms with van der Waals surface area (Å²) in [5, 5.41) is 14.3. The lowest BCUT2D eigenvalue weighted by Gasteiger charge is -2.23. The topological polar surface area (TPSA) is 66.9 Å². The zero-order chi connectivity index (χ0) is 13.0. The van der Waals surface area contributed by atoms with Gasteiger partial charge >= 0.3 is 0 Å². The van der Waals surface area contributed by atoms with E-state index < -0.39 is 0 Å². The molecule has 5 nitrogen and oxygen atoms in total. The lowest BCUT2D eigenvalue weighted by Crippen LogP contribution is -2.43. The monoisotopic (exact) mass is 248 g/mol. The molecular formula is C13H20N4O. The van der Waals surface area contributed by atoms with Crippen LogP contribution in [0.2, 0.25) is 0 Å². The van der Waals surface area contributed by atoms with Crippen LogP contribution in [0, 0.1) is 13.8 Å². The molecule has 0 aromatic carbocycles. The Balaban J connectivity index is 1.92. The van der Waals surface area contributed by atoms with Crippen LogP contribution in [0.1, 0.15) is 41.0 Å². The second-order valence-electron chi connectivity index (χ2n) is 4.84. The van der Waals surface area contributed by atoms with Crippen molar-refractivity contribution in [3.8, 4) is 0 Å². The van der Waals surface area contributed by atoms with Crippen LogP contribution in [-0.4, -0.2) is 35.2 Å². The Labute approximate surface area is 107 Å². The summed E-state index contributed by atoms with van der Waals surface area (Å²) in [6, 6.07) is 2.19. The van der Waals surface area contributed by atoms with Gasteiger partial charge in [-0.2, -0.15) is 10.2 Å². The van der Waals surface area contributed by atoms with E-state index in [0.29, 0.717) is 23.8 Å². The first-order valence-electron chi connectivity index (χ1n) is 6.49. The first kappa shape index (κ1) is 13.0. The van der Waals surface area contributed by atoms with Crippen molar-refractivity contribution < 1.29 is 4.79 Å². The third kappa shape index (κ3) is 3.26. The summed E-state index contributed by atoms with van der Waals surface area (Å²) in [5.41, 5.74) is 2.06. The van der Waals surface area contributed by atoms with Gasteiger partial charge in [0.2, 0.25) is 0 Å². The predicted molar refractivity (Wildman–Crippen MR) is 69.5 cm³/mol. The summed E-state index contributed by atoms with van der Waals surface area (Å²) in [6.45, 7) is 5.38. The van der Waals surface area contributed by atoms with Gasteiger partial charge in [-0.25, -0.2) is 0 Å². The van der Waals surface area contributed by atoms with Gasteiger partial charge in [0, 0.05) is 12.6 Å². The van der Waals surface area contributed by atoms with Gasteiger partial charge in [0.15, 0.2) is 0 Å². The molecule has 18 heavy (non-hydrogen) atoms. The zero-order valence-corrected chi connectivity index (χ0v) is 11.0. The third-order valence-corrected chi connectivity index (χ3v) is 3.27. The lowest BCUT2D eigenvalue weighted by atomic mass is 10.0. The zero-order valence-electron chi connectivity index (χ0n) is 11.0. The molecule has 0 aliphatic carbocycles. The van der Waals surface area contributed by atoms with Crippen molar-refractivity contribution in [1.82, 2.24) is 20.8 Å². The highest BCUT2D eigenvalue weighted by Gasteiger charge is 2.15. The Hall–Kier alpha value is -1.49. The molecule has 0 saturated carbocycles. The number of hydrogen-bond acceptors (Lipinski definition) is 4. The fraction of sp³-hybridized carbons (Fsp3) is 0.615. The molecule has 1 fully saturated rings. The fourth-order valence-corrected chi connectivity index (χ4v) is 2.19. The largest absolute Gasteiger partial charge is 0.350 e. The minimum atomic E-state index is -0.0575. The van der Waals surface area contributed by atoms with Crippen molar-refractivity contribution >= 4 is 5.91 Å². The van der Waals surface area contributed by atoms with Gasteiger partial charge in [0.25, 0.3) is 5.91 Å². The van der Waals surface area contributed by atoms with E-state index in [1.165, 1.54) is 12.8 Å². The second-order valence-corrected chi connectivity index (χ2v) is 4.84. The number of aromatic nitrogens is 2. The number of nitrogens with one attached hydrogen (secondary N) is 2. The summed E-state index contributed by atoms with van der Waals surface area (Å²) in [5.74, 6) is -0.0575. The van der Waals surface area contributed by atoms with E-state index >= 15 is 0 Å². The number of carbonyl (C=O) groups excluding carboxylic acids is 1. The molecule has 1 saturated heterocycles. The smallest absolute Gasteiger partial charge is 0.253 e. The molecule has 1 aromatic heterocycles.